The predicted molar refractivity (Wildman–Crippen MR) is 225 cm³/mol. The summed E-state index contributed by atoms with van der Waals surface area (Å²) in [5, 5.41) is 2.60. The molecule has 1 nitrogen and oxygen atoms in total. The molecule has 1 heterocycles. The topological polar surface area (TPSA) is 3.24 Å². The van der Waals surface area contributed by atoms with Crippen LogP contribution in [0.25, 0.3) is 53.6 Å². The highest BCUT2D eigenvalue weighted by atomic mass is 32.1. The van der Waals surface area contributed by atoms with E-state index in [1.807, 2.05) is 11.3 Å². The molecule has 1 spiro atoms. The molecule has 9 aromatic rings. The first kappa shape index (κ1) is 30.4. The van der Waals surface area contributed by atoms with Crippen molar-refractivity contribution < 1.29 is 0 Å². The van der Waals surface area contributed by atoms with E-state index in [0.717, 1.165) is 17.1 Å². The molecule has 53 heavy (non-hydrogen) atoms. The van der Waals surface area contributed by atoms with Gasteiger partial charge in [0.25, 0.3) is 0 Å². The summed E-state index contributed by atoms with van der Waals surface area (Å²) < 4.78 is 2.63. The second-order valence-corrected chi connectivity index (χ2v) is 15.6. The van der Waals surface area contributed by atoms with Crippen LogP contribution in [0.3, 0.4) is 0 Å². The molecule has 0 fully saturated rings. The Bertz CT molecular complexity index is 2880. The Labute approximate surface area is 314 Å². The van der Waals surface area contributed by atoms with Crippen molar-refractivity contribution in [1.29, 1.82) is 0 Å². The minimum atomic E-state index is -0.404. The van der Waals surface area contributed by atoms with Gasteiger partial charge >= 0.3 is 0 Å². The number of fused-ring (bicyclic) bond motifs is 13. The van der Waals surface area contributed by atoms with E-state index in [9.17, 15) is 0 Å². The number of thiophene rings is 1. The fourth-order valence-corrected chi connectivity index (χ4v) is 10.6. The van der Waals surface area contributed by atoms with Crippen LogP contribution in [-0.2, 0) is 5.41 Å². The highest BCUT2D eigenvalue weighted by Crippen LogP contribution is 2.63. The van der Waals surface area contributed by atoms with Crippen LogP contribution < -0.4 is 4.90 Å². The van der Waals surface area contributed by atoms with Gasteiger partial charge in [-0.15, -0.1) is 11.3 Å². The lowest BCUT2D eigenvalue weighted by atomic mass is 9.70. The average molecular weight is 694 g/mol. The fraction of sp³-hybridized carbons (Fsp3) is 0.0588. The van der Waals surface area contributed by atoms with Gasteiger partial charge in [0.2, 0.25) is 0 Å². The Morgan fingerprint density at radius 2 is 0.830 bits per heavy atom. The van der Waals surface area contributed by atoms with Gasteiger partial charge in [0.05, 0.1) is 5.41 Å². The molecular weight excluding hydrogens is 659 g/mol. The zero-order chi connectivity index (χ0) is 35.3. The van der Waals surface area contributed by atoms with Crippen molar-refractivity contribution in [2.45, 2.75) is 19.3 Å². The van der Waals surface area contributed by atoms with Gasteiger partial charge in [-0.2, -0.15) is 0 Å². The van der Waals surface area contributed by atoms with Gasteiger partial charge in [0.1, 0.15) is 0 Å². The second kappa shape index (κ2) is 11.4. The van der Waals surface area contributed by atoms with Crippen LogP contribution in [0.15, 0.2) is 176 Å². The maximum Gasteiger partial charge on any atom is 0.0726 e. The molecule has 0 atom stereocenters. The molecule has 2 heteroatoms. The molecule has 0 N–H and O–H groups in total. The largest absolute Gasteiger partial charge is 0.310 e. The van der Waals surface area contributed by atoms with Gasteiger partial charge in [-0.1, -0.05) is 127 Å². The first-order valence-electron chi connectivity index (χ1n) is 18.4. The molecule has 8 aromatic carbocycles. The van der Waals surface area contributed by atoms with Gasteiger partial charge < -0.3 is 4.90 Å². The van der Waals surface area contributed by atoms with Crippen molar-refractivity contribution in [2.75, 3.05) is 4.90 Å². The van der Waals surface area contributed by atoms with Gasteiger partial charge in [-0.25, -0.2) is 0 Å². The van der Waals surface area contributed by atoms with Crippen molar-refractivity contribution in [1.82, 2.24) is 0 Å². The molecular formula is C51H35NS. The van der Waals surface area contributed by atoms with Crippen LogP contribution >= 0.6 is 11.3 Å². The van der Waals surface area contributed by atoms with Crippen LogP contribution in [0.1, 0.15) is 33.4 Å². The van der Waals surface area contributed by atoms with Crippen molar-refractivity contribution in [2.24, 2.45) is 0 Å². The number of anilines is 3. The van der Waals surface area contributed by atoms with E-state index in [4.69, 9.17) is 0 Å². The van der Waals surface area contributed by atoms with E-state index in [1.165, 1.54) is 86.9 Å². The van der Waals surface area contributed by atoms with Gasteiger partial charge in [-0.3, -0.25) is 0 Å². The van der Waals surface area contributed by atoms with Crippen LogP contribution in [0.2, 0.25) is 0 Å². The summed E-state index contributed by atoms with van der Waals surface area (Å²) in [6.45, 7) is 4.45. The van der Waals surface area contributed by atoms with Crippen LogP contribution in [-0.4, -0.2) is 0 Å². The maximum absolute atomic E-state index is 2.49. The maximum atomic E-state index is 2.49. The summed E-state index contributed by atoms with van der Waals surface area (Å²) in [5.74, 6) is 0. The Morgan fingerprint density at radius 1 is 0.358 bits per heavy atom. The van der Waals surface area contributed by atoms with Gasteiger partial charge in [0, 0.05) is 37.2 Å². The summed E-state index contributed by atoms with van der Waals surface area (Å²) in [6.07, 6.45) is 0. The molecule has 2 aliphatic carbocycles. The van der Waals surface area contributed by atoms with Crippen molar-refractivity contribution >= 4 is 48.6 Å². The van der Waals surface area contributed by atoms with Crippen LogP contribution in [0.4, 0.5) is 17.1 Å². The molecule has 0 aliphatic heterocycles. The van der Waals surface area contributed by atoms with Gasteiger partial charge in [0.15, 0.2) is 0 Å². The number of hydrogen-bond acceptors (Lipinski definition) is 2. The summed E-state index contributed by atoms with van der Waals surface area (Å²) in [7, 11) is 0. The van der Waals surface area contributed by atoms with Gasteiger partial charge in [-0.05, 0) is 129 Å². The SMILES string of the molecule is Cc1ccccc1-c1ccc(N(c2ccc3c(c2)C2(c4ccccc4-c4ccccc42)c2ccccc2-3)c2ccc3sc4ccccc4c3c2)cc1C. The lowest BCUT2D eigenvalue weighted by Gasteiger charge is -2.32. The summed E-state index contributed by atoms with van der Waals surface area (Å²) in [4.78, 5) is 2.48. The Balaban J connectivity index is 1.18. The molecule has 1 aromatic heterocycles. The normalized spacial score (nSPS) is 13.2. The molecule has 0 saturated carbocycles. The monoisotopic (exact) mass is 693 g/mol. The van der Waals surface area contributed by atoms with Crippen LogP contribution in [0, 0.1) is 13.8 Å². The highest BCUT2D eigenvalue weighted by molar-refractivity contribution is 7.25. The first-order chi connectivity index (χ1) is 26.1. The number of aryl methyl sites for hydroxylation is 2. The Morgan fingerprint density at radius 3 is 1.49 bits per heavy atom. The molecule has 0 bridgehead atoms. The average Bonchev–Trinajstić information content (AvgIpc) is 3.82. The molecule has 11 rings (SSSR count). The lowest BCUT2D eigenvalue weighted by Crippen LogP contribution is -2.26. The van der Waals surface area contributed by atoms with E-state index in [2.05, 4.69) is 195 Å². The predicted octanol–water partition coefficient (Wildman–Crippen LogP) is 14.2. The number of nitrogens with zero attached hydrogens (tertiary/aromatic N) is 1. The Hall–Kier alpha value is -6.22. The van der Waals surface area contributed by atoms with E-state index < -0.39 is 5.41 Å². The smallest absolute Gasteiger partial charge is 0.0726 e. The third kappa shape index (κ3) is 4.24. The molecule has 0 radical (unpaired) electrons. The summed E-state index contributed by atoms with van der Waals surface area (Å²) in [6, 6.07) is 65.9. The zero-order valence-electron chi connectivity index (χ0n) is 29.6. The highest BCUT2D eigenvalue weighted by Gasteiger charge is 2.51. The molecule has 250 valence electrons. The van der Waals surface area contributed by atoms with E-state index in [1.54, 1.807) is 0 Å². The molecule has 0 amide bonds. The van der Waals surface area contributed by atoms with Crippen molar-refractivity contribution in [3.8, 4) is 33.4 Å². The summed E-state index contributed by atoms with van der Waals surface area (Å²) in [5.41, 5.74) is 18.8. The Kier molecular flexibility index (Phi) is 6.53. The lowest BCUT2D eigenvalue weighted by molar-refractivity contribution is 0.793. The van der Waals surface area contributed by atoms with Crippen LogP contribution in [0.5, 0.6) is 0 Å². The molecule has 0 saturated heterocycles. The number of rotatable bonds is 4. The van der Waals surface area contributed by atoms with E-state index in [0.29, 0.717) is 0 Å². The fourth-order valence-electron chi connectivity index (χ4n) is 9.49. The second-order valence-electron chi connectivity index (χ2n) is 14.5. The minimum absolute atomic E-state index is 0.404. The standard InChI is InChI=1S/C51H35NS/c1-32-13-3-4-14-37(32)38-26-23-34(29-33(38)2)52(35-25-28-50-44(30-35)43-18-8-12-22-49(43)53-50)36-24-27-42-41-17-7-11-21-47(41)51(48(42)31-36)45-19-9-5-15-39(45)40-16-6-10-20-46(40)51/h3-31H,1-2H3. The quantitative estimate of drug-likeness (QED) is 0.177. The third-order valence-corrected chi connectivity index (χ3v) is 12.9. The number of benzene rings is 8. The van der Waals surface area contributed by atoms with Crippen molar-refractivity contribution in [3.05, 3.63) is 209 Å². The first-order valence-corrected chi connectivity index (χ1v) is 19.2. The molecule has 2 aliphatic rings. The molecule has 0 unspecified atom stereocenters. The zero-order valence-corrected chi connectivity index (χ0v) is 30.4. The minimum Gasteiger partial charge on any atom is -0.310 e. The third-order valence-electron chi connectivity index (χ3n) is 11.8. The number of hydrogen-bond donors (Lipinski definition) is 0. The van der Waals surface area contributed by atoms with E-state index >= 15 is 0 Å². The van der Waals surface area contributed by atoms with Crippen molar-refractivity contribution in [3.63, 3.8) is 0 Å². The van der Waals surface area contributed by atoms with E-state index in [-0.39, 0.29) is 0 Å². The summed E-state index contributed by atoms with van der Waals surface area (Å²) >= 11 is 1.87.